The molecule has 0 radical (unpaired) electrons. The fraction of sp³-hybridized carbons (Fsp3) is 0.764. The van der Waals surface area contributed by atoms with Crippen LogP contribution in [0.1, 0.15) is 145 Å². The first-order valence-corrected chi connectivity index (χ1v) is 26.2. The second-order valence-electron chi connectivity index (χ2n) is 21.7. The highest BCUT2D eigenvalue weighted by molar-refractivity contribution is 6.39. The third-order valence-corrected chi connectivity index (χ3v) is 16.2. The lowest BCUT2D eigenvalue weighted by molar-refractivity contribution is -0.264. The van der Waals surface area contributed by atoms with Crippen LogP contribution in [0.25, 0.3) is 0 Å². The van der Waals surface area contributed by atoms with Crippen molar-refractivity contribution in [1.29, 1.82) is 0 Å². The Bertz CT molecular complexity index is 1900. The zero-order valence-corrected chi connectivity index (χ0v) is 43.1. The van der Waals surface area contributed by atoms with E-state index in [2.05, 4.69) is 11.8 Å². The number of allylic oxidation sites excluding steroid dienone is 6. The van der Waals surface area contributed by atoms with Crippen LogP contribution in [0.15, 0.2) is 47.6 Å². The number of aliphatic hydroxyl groups excluding tert-OH is 3. The SMILES string of the molecule is CCC1C(=O)C(C)CC(C)/C=C/C=C/C=C(\C)C(N2CCC(O)C2)CC2CCC(C)C(O)(O2)C(=O)C(=O)N2CCCCC2C(=O)OC(C(C)CC2CCC(O)C(OC)C2)CC(=O)C(C)/C=C(\C)C1O. The maximum Gasteiger partial charge on any atom is 0.329 e. The van der Waals surface area contributed by atoms with Crippen LogP contribution in [0, 0.1) is 41.4 Å². The number of carbonyl (C=O) groups is 5. The minimum absolute atomic E-state index is 0.0355. The van der Waals surface area contributed by atoms with E-state index in [1.807, 2.05) is 58.1 Å². The third-order valence-electron chi connectivity index (χ3n) is 16.2. The molecule has 1 amide bonds. The van der Waals surface area contributed by atoms with Gasteiger partial charge in [-0.15, -0.1) is 0 Å². The molecule has 0 spiro atoms. The van der Waals surface area contributed by atoms with Crippen molar-refractivity contribution >= 4 is 29.2 Å². The number of likely N-dealkylation sites (tertiary alicyclic amines) is 1. The number of ether oxygens (including phenoxy) is 3. The van der Waals surface area contributed by atoms with Crippen molar-refractivity contribution in [2.24, 2.45) is 41.4 Å². The summed E-state index contributed by atoms with van der Waals surface area (Å²) in [6, 6.07) is -1.33. The predicted molar refractivity (Wildman–Crippen MR) is 263 cm³/mol. The van der Waals surface area contributed by atoms with Crippen molar-refractivity contribution < 1.29 is 58.6 Å². The number of hydrogen-bond donors (Lipinski definition) is 4. The van der Waals surface area contributed by atoms with E-state index in [0.717, 1.165) is 12.0 Å². The molecule has 388 valence electrons. The van der Waals surface area contributed by atoms with Gasteiger partial charge in [0.2, 0.25) is 5.79 Å². The Kier molecular flexibility index (Phi) is 21.2. The lowest BCUT2D eigenvalue weighted by Crippen LogP contribution is -2.61. The molecule has 14 nitrogen and oxygen atoms in total. The van der Waals surface area contributed by atoms with Gasteiger partial charge >= 0.3 is 5.97 Å². The average Bonchev–Trinajstić information content (AvgIpc) is 3.76. The first-order valence-electron chi connectivity index (χ1n) is 26.2. The van der Waals surface area contributed by atoms with Crippen LogP contribution in [0.5, 0.6) is 0 Å². The van der Waals surface area contributed by atoms with Crippen molar-refractivity contribution in [1.82, 2.24) is 9.80 Å². The maximum absolute atomic E-state index is 14.5. The van der Waals surface area contributed by atoms with E-state index in [1.165, 1.54) is 4.90 Å². The molecule has 0 aromatic rings. The molecule has 4 aliphatic heterocycles. The summed E-state index contributed by atoms with van der Waals surface area (Å²) >= 11 is 0. The van der Waals surface area contributed by atoms with Crippen LogP contribution in [-0.2, 0) is 38.2 Å². The first kappa shape index (κ1) is 56.5. The van der Waals surface area contributed by atoms with E-state index >= 15 is 0 Å². The number of nitrogens with zero attached hydrogens (tertiary/aromatic N) is 2. The van der Waals surface area contributed by atoms with E-state index in [1.54, 1.807) is 34.0 Å². The fourth-order valence-electron chi connectivity index (χ4n) is 11.7. The molecule has 69 heavy (non-hydrogen) atoms. The van der Waals surface area contributed by atoms with E-state index in [9.17, 15) is 44.4 Å². The Morgan fingerprint density at radius 3 is 2.28 bits per heavy atom. The molecule has 1 saturated carbocycles. The monoisotopic (exact) mass is 967 g/mol. The molecule has 16 unspecified atom stereocenters. The number of amides is 1. The van der Waals surface area contributed by atoms with Gasteiger partial charge in [-0.05, 0) is 121 Å². The van der Waals surface area contributed by atoms with E-state index in [4.69, 9.17) is 14.2 Å². The van der Waals surface area contributed by atoms with Crippen molar-refractivity contribution in [3.8, 4) is 0 Å². The second kappa shape index (κ2) is 25.8. The van der Waals surface area contributed by atoms with Crippen LogP contribution in [0.2, 0.25) is 0 Å². The van der Waals surface area contributed by atoms with Gasteiger partial charge in [-0.2, -0.15) is 0 Å². The first-order chi connectivity index (χ1) is 32.7. The molecule has 0 aromatic heterocycles. The Hall–Kier alpha value is -3.37. The molecule has 4 heterocycles. The molecular formula is C55H86N2O12. The van der Waals surface area contributed by atoms with Gasteiger partial charge in [0.25, 0.3) is 11.7 Å². The molecular weight excluding hydrogens is 881 g/mol. The lowest BCUT2D eigenvalue weighted by atomic mass is 9.78. The Morgan fingerprint density at radius 1 is 0.855 bits per heavy atom. The zero-order valence-electron chi connectivity index (χ0n) is 43.1. The summed E-state index contributed by atoms with van der Waals surface area (Å²) in [5.41, 5.74) is 1.51. The predicted octanol–water partition coefficient (Wildman–Crippen LogP) is 6.61. The number of hydrogen-bond acceptors (Lipinski definition) is 13. The van der Waals surface area contributed by atoms with Crippen LogP contribution < -0.4 is 0 Å². The fourth-order valence-corrected chi connectivity index (χ4v) is 11.7. The number of fused-ring (bicyclic) bond motifs is 3. The number of methoxy groups -OCH3 is 1. The number of piperidine rings is 1. The minimum atomic E-state index is -2.44. The molecule has 5 rings (SSSR count). The molecule has 2 bridgehead atoms. The normalized spacial score (nSPS) is 41.3. The van der Waals surface area contributed by atoms with Crippen LogP contribution in [-0.4, -0.2) is 141 Å². The van der Waals surface area contributed by atoms with Crippen molar-refractivity contribution in [2.45, 2.75) is 200 Å². The Labute approximate surface area is 412 Å². The highest BCUT2D eigenvalue weighted by Gasteiger charge is 2.53. The maximum atomic E-state index is 14.5. The van der Waals surface area contributed by atoms with E-state index in [0.29, 0.717) is 89.3 Å². The molecule has 16 atom stereocenters. The van der Waals surface area contributed by atoms with E-state index < -0.39 is 77.8 Å². The highest BCUT2D eigenvalue weighted by Crippen LogP contribution is 2.38. The zero-order chi connectivity index (χ0) is 50.7. The average molecular weight is 967 g/mol. The van der Waals surface area contributed by atoms with Crippen molar-refractivity contribution in [3.05, 3.63) is 47.6 Å². The largest absolute Gasteiger partial charge is 0.460 e. The van der Waals surface area contributed by atoms with Crippen LogP contribution in [0.3, 0.4) is 0 Å². The summed E-state index contributed by atoms with van der Waals surface area (Å²) in [6.07, 6.45) is 14.2. The van der Waals surface area contributed by atoms with Crippen molar-refractivity contribution in [3.63, 3.8) is 0 Å². The van der Waals surface area contributed by atoms with E-state index in [-0.39, 0.29) is 66.8 Å². The number of aliphatic hydroxyl groups is 4. The third kappa shape index (κ3) is 14.6. The van der Waals surface area contributed by atoms with Gasteiger partial charge in [0.15, 0.2) is 0 Å². The number of rotatable bonds is 6. The van der Waals surface area contributed by atoms with Gasteiger partial charge in [0, 0.05) is 62.9 Å². The van der Waals surface area contributed by atoms with Crippen molar-refractivity contribution in [2.75, 3.05) is 26.7 Å². The molecule has 14 heteroatoms. The summed E-state index contributed by atoms with van der Waals surface area (Å²) in [5.74, 6) is -8.11. The number of ketones is 3. The minimum Gasteiger partial charge on any atom is -0.460 e. The van der Waals surface area contributed by atoms with Gasteiger partial charge in [-0.3, -0.25) is 24.1 Å². The molecule has 0 aromatic carbocycles. The molecule has 4 N–H and O–H groups in total. The standard InChI is InChI=1S/C55H86N2O12/c1-10-43-50(61)37(6)26-33(2)16-12-11-13-17-34(3)45(56-25-23-41(58)32-56)30-42-21-19-39(8)55(66,69-42)52(63)53(64)57-24-15-14-18-44(57)54(65)68-48(31-47(60)35(4)27-38(7)51(43)62)36(5)28-40-20-22-46(59)49(29-40)67-9/h11-13,16-17,27,33,35-37,39-46,48-49,51,58-59,62,66H,10,14-15,18-26,28-32H2,1-9H3/b13-11+,16-12+,34-17+,38-27+. The molecule has 5 aliphatic rings. The summed E-state index contributed by atoms with van der Waals surface area (Å²) in [5, 5.41) is 44.8. The van der Waals surface area contributed by atoms with Gasteiger partial charge in [0.05, 0.1) is 30.5 Å². The molecule has 3 saturated heterocycles. The number of carbonyl (C=O) groups excluding carboxylic acids is 5. The lowest BCUT2D eigenvalue weighted by Gasteiger charge is -2.43. The Balaban J connectivity index is 1.49. The summed E-state index contributed by atoms with van der Waals surface area (Å²) < 4.78 is 18.2. The summed E-state index contributed by atoms with van der Waals surface area (Å²) in [7, 11) is 1.57. The number of β-amino-alcohol motifs (C(OH)–C–C–N with tert-alkyl or cyclic N) is 1. The van der Waals surface area contributed by atoms with Gasteiger partial charge in [-0.25, -0.2) is 4.79 Å². The number of cyclic esters (lactones) is 1. The van der Waals surface area contributed by atoms with Gasteiger partial charge < -0.3 is 39.5 Å². The quantitative estimate of drug-likeness (QED) is 0.126. The molecule has 1 aliphatic carbocycles. The van der Waals surface area contributed by atoms with Crippen LogP contribution >= 0.6 is 0 Å². The topological polar surface area (TPSA) is 200 Å². The van der Waals surface area contributed by atoms with Gasteiger partial charge in [0.1, 0.15) is 23.7 Å². The Morgan fingerprint density at radius 2 is 1.59 bits per heavy atom. The second-order valence-corrected chi connectivity index (χ2v) is 21.7. The highest BCUT2D eigenvalue weighted by atomic mass is 16.6. The molecule has 4 fully saturated rings. The number of esters is 1. The van der Waals surface area contributed by atoms with Gasteiger partial charge in [-0.1, -0.05) is 83.6 Å². The smallest absolute Gasteiger partial charge is 0.329 e. The van der Waals surface area contributed by atoms with Crippen LogP contribution in [0.4, 0.5) is 0 Å². The summed E-state index contributed by atoms with van der Waals surface area (Å²) in [4.78, 5) is 74.8. The number of Topliss-reactive ketones (excluding diaryl/α,β-unsaturated/α-hetero) is 3. The summed E-state index contributed by atoms with van der Waals surface area (Å²) in [6.45, 7) is 16.1.